The number of H-pyrrole nitrogens is 1. The molecular formula is C10H7ClN2O. The van der Waals surface area contributed by atoms with Crippen molar-refractivity contribution >= 4 is 11.6 Å². The van der Waals surface area contributed by atoms with Crippen LogP contribution in [0.1, 0.15) is 0 Å². The molecule has 0 aliphatic rings. The number of aromatic nitrogens is 2. The number of halogens is 1. The standard InChI is InChI=1S/C10H7ClN2O/c11-9-3-1-7(2-4-9)8-5-12-10(14)13-6-8/h1-6H,(H,12,13,14). The summed E-state index contributed by atoms with van der Waals surface area (Å²) in [6.45, 7) is 0. The van der Waals surface area contributed by atoms with Gasteiger partial charge in [0.15, 0.2) is 0 Å². The fourth-order valence-electron chi connectivity index (χ4n) is 1.14. The number of aromatic amines is 1. The molecule has 1 aromatic carbocycles. The second-order valence-electron chi connectivity index (χ2n) is 2.81. The Labute approximate surface area is 85.4 Å². The lowest BCUT2D eigenvalue weighted by molar-refractivity contribution is 1.08. The molecular weight excluding hydrogens is 200 g/mol. The van der Waals surface area contributed by atoms with Crippen LogP contribution in [0.4, 0.5) is 0 Å². The van der Waals surface area contributed by atoms with Gasteiger partial charge in [-0.1, -0.05) is 23.7 Å². The van der Waals surface area contributed by atoms with Crippen LogP contribution < -0.4 is 5.69 Å². The molecule has 1 heterocycles. The normalized spacial score (nSPS) is 10.1. The summed E-state index contributed by atoms with van der Waals surface area (Å²) in [5, 5.41) is 0.686. The first-order chi connectivity index (χ1) is 6.75. The number of nitrogens with zero attached hydrogens (tertiary/aromatic N) is 1. The first-order valence-corrected chi connectivity index (χ1v) is 4.44. The van der Waals surface area contributed by atoms with E-state index in [4.69, 9.17) is 11.6 Å². The van der Waals surface area contributed by atoms with Gasteiger partial charge in [-0.3, -0.25) is 0 Å². The first kappa shape index (κ1) is 8.97. The van der Waals surface area contributed by atoms with Gasteiger partial charge in [0, 0.05) is 23.0 Å². The zero-order valence-corrected chi connectivity index (χ0v) is 7.95. The second kappa shape index (κ2) is 3.64. The minimum absolute atomic E-state index is 0.345. The molecule has 0 radical (unpaired) electrons. The van der Waals surface area contributed by atoms with E-state index in [0.29, 0.717) is 5.02 Å². The van der Waals surface area contributed by atoms with Gasteiger partial charge in [0.05, 0.1) is 0 Å². The largest absolute Gasteiger partial charge is 0.344 e. The van der Waals surface area contributed by atoms with Crippen LogP contribution in [0.2, 0.25) is 5.02 Å². The lowest BCUT2D eigenvalue weighted by Crippen LogP contribution is -2.07. The van der Waals surface area contributed by atoms with Crippen molar-refractivity contribution in [2.24, 2.45) is 0 Å². The van der Waals surface area contributed by atoms with Crippen molar-refractivity contribution in [2.75, 3.05) is 0 Å². The summed E-state index contributed by atoms with van der Waals surface area (Å²) in [4.78, 5) is 16.9. The Hall–Kier alpha value is -1.61. The number of rotatable bonds is 1. The van der Waals surface area contributed by atoms with E-state index >= 15 is 0 Å². The summed E-state index contributed by atoms with van der Waals surface area (Å²) >= 11 is 5.75. The van der Waals surface area contributed by atoms with Crippen LogP contribution in [0.3, 0.4) is 0 Å². The van der Waals surface area contributed by atoms with Crippen molar-refractivity contribution in [2.45, 2.75) is 0 Å². The first-order valence-electron chi connectivity index (χ1n) is 4.06. The van der Waals surface area contributed by atoms with Crippen molar-refractivity contribution in [3.63, 3.8) is 0 Å². The lowest BCUT2D eigenvalue weighted by Gasteiger charge is -1.99. The van der Waals surface area contributed by atoms with Gasteiger partial charge in [0.1, 0.15) is 0 Å². The highest BCUT2D eigenvalue weighted by molar-refractivity contribution is 6.30. The van der Waals surface area contributed by atoms with Gasteiger partial charge in [-0.05, 0) is 17.7 Å². The van der Waals surface area contributed by atoms with Crippen LogP contribution in [0, 0.1) is 0 Å². The van der Waals surface area contributed by atoms with E-state index in [9.17, 15) is 4.79 Å². The average molecular weight is 207 g/mol. The maximum absolute atomic E-state index is 10.7. The van der Waals surface area contributed by atoms with E-state index in [2.05, 4.69) is 9.97 Å². The van der Waals surface area contributed by atoms with Crippen molar-refractivity contribution < 1.29 is 0 Å². The monoisotopic (exact) mass is 206 g/mol. The minimum Gasteiger partial charge on any atom is -0.312 e. The summed E-state index contributed by atoms with van der Waals surface area (Å²) in [6, 6.07) is 7.33. The van der Waals surface area contributed by atoms with Gasteiger partial charge in [0.25, 0.3) is 0 Å². The summed E-state index contributed by atoms with van der Waals surface area (Å²) in [6.07, 6.45) is 3.15. The predicted octanol–water partition coefficient (Wildman–Crippen LogP) is 2.09. The van der Waals surface area contributed by atoms with Crippen LogP contribution in [0.25, 0.3) is 11.1 Å². The fourth-order valence-corrected chi connectivity index (χ4v) is 1.27. The molecule has 0 aliphatic carbocycles. The smallest absolute Gasteiger partial charge is 0.312 e. The highest BCUT2D eigenvalue weighted by atomic mass is 35.5. The van der Waals surface area contributed by atoms with E-state index in [1.165, 1.54) is 6.20 Å². The Morgan fingerprint density at radius 1 is 1.14 bits per heavy atom. The fraction of sp³-hybridized carbons (Fsp3) is 0. The summed E-state index contributed by atoms with van der Waals surface area (Å²) in [7, 11) is 0. The van der Waals surface area contributed by atoms with E-state index in [1.807, 2.05) is 12.1 Å². The van der Waals surface area contributed by atoms with Crippen molar-refractivity contribution in [3.8, 4) is 11.1 Å². The molecule has 2 aromatic rings. The third kappa shape index (κ3) is 1.83. The molecule has 70 valence electrons. The van der Waals surface area contributed by atoms with Crippen LogP contribution in [-0.2, 0) is 0 Å². The molecule has 0 amide bonds. The maximum atomic E-state index is 10.7. The second-order valence-corrected chi connectivity index (χ2v) is 3.25. The summed E-state index contributed by atoms with van der Waals surface area (Å²) in [5.74, 6) is 0. The topological polar surface area (TPSA) is 45.8 Å². The van der Waals surface area contributed by atoms with E-state index in [-0.39, 0.29) is 5.69 Å². The van der Waals surface area contributed by atoms with Crippen molar-refractivity contribution in [1.82, 2.24) is 9.97 Å². The molecule has 1 N–H and O–H groups in total. The average Bonchev–Trinajstić information content (AvgIpc) is 2.21. The van der Waals surface area contributed by atoms with E-state index in [0.717, 1.165) is 11.1 Å². The van der Waals surface area contributed by atoms with Gasteiger partial charge in [-0.2, -0.15) is 0 Å². The third-order valence-electron chi connectivity index (χ3n) is 1.85. The molecule has 0 aliphatic heterocycles. The minimum atomic E-state index is -0.345. The van der Waals surface area contributed by atoms with Gasteiger partial charge in [-0.25, -0.2) is 9.78 Å². The molecule has 0 atom stereocenters. The molecule has 4 heteroatoms. The maximum Gasteiger partial charge on any atom is 0.344 e. The highest BCUT2D eigenvalue weighted by Crippen LogP contribution is 2.18. The quantitative estimate of drug-likeness (QED) is 0.777. The van der Waals surface area contributed by atoms with Gasteiger partial charge in [-0.15, -0.1) is 0 Å². The number of hydrogen-bond donors (Lipinski definition) is 1. The molecule has 0 unspecified atom stereocenters. The zero-order valence-electron chi connectivity index (χ0n) is 7.20. The van der Waals surface area contributed by atoms with E-state index in [1.54, 1.807) is 18.3 Å². The Morgan fingerprint density at radius 2 is 1.86 bits per heavy atom. The van der Waals surface area contributed by atoms with Gasteiger partial charge >= 0.3 is 5.69 Å². The zero-order chi connectivity index (χ0) is 9.97. The Bertz CT molecular complexity index is 470. The van der Waals surface area contributed by atoms with E-state index < -0.39 is 0 Å². The lowest BCUT2D eigenvalue weighted by atomic mass is 10.1. The highest BCUT2D eigenvalue weighted by Gasteiger charge is 1.97. The number of nitrogens with one attached hydrogen (secondary N) is 1. The molecule has 0 spiro atoms. The third-order valence-corrected chi connectivity index (χ3v) is 2.10. The molecule has 0 fully saturated rings. The number of benzene rings is 1. The Kier molecular flexibility index (Phi) is 2.33. The van der Waals surface area contributed by atoms with Crippen LogP contribution in [-0.4, -0.2) is 9.97 Å². The van der Waals surface area contributed by atoms with Gasteiger partial charge in [0.2, 0.25) is 0 Å². The molecule has 2 rings (SSSR count). The summed E-state index contributed by atoms with van der Waals surface area (Å²) in [5.41, 5.74) is 1.49. The van der Waals surface area contributed by atoms with Gasteiger partial charge < -0.3 is 4.98 Å². The molecule has 1 aromatic heterocycles. The number of hydrogen-bond acceptors (Lipinski definition) is 2. The Morgan fingerprint density at radius 3 is 2.43 bits per heavy atom. The summed E-state index contributed by atoms with van der Waals surface area (Å²) < 4.78 is 0. The predicted molar refractivity (Wildman–Crippen MR) is 55.3 cm³/mol. The molecule has 0 saturated carbocycles. The molecule has 0 bridgehead atoms. The molecule has 14 heavy (non-hydrogen) atoms. The Balaban J connectivity index is 2.44. The van der Waals surface area contributed by atoms with Crippen LogP contribution in [0.5, 0.6) is 0 Å². The van der Waals surface area contributed by atoms with Crippen molar-refractivity contribution in [1.29, 1.82) is 0 Å². The van der Waals surface area contributed by atoms with Crippen molar-refractivity contribution in [3.05, 3.63) is 52.2 Å². The molecule has 3 nitrogen and oxygen atoms in total. The SMILES string of the molecule is O=c1ncc(-c2ccc(Cl)cc2)c[nH]1. The van der Waals surface area contributed by atoms with Crippen LogP contribution in [0.15, 0.2) is 41.5 Å². The van der Waals surface area contributed by atoms with Crippen LogP contribution >= 0.6 is 11.6 Å². The molecule has 0 saturated heterocycles.